The van der Waals surface area contributed by atoms with Crippen LogP contribution in [-0.2, 0) is 4.79 Å². The first-order valence-corrected chi connectivity index (χ1v) is 5.34. The first kappa shape index (κ1) is 11.2. The van der Waals surface area contributed by atoms with Crippen LogP contribution in [0.3, 0.4) is 0 Å². The van der Waals surface area contributed by atoms with Crippen LogP contribution in [0.4, 0.5) is 0 Å². The quantitative estimate of drug-likeness (QED) is 0.662. The molecule has 0 aromatic heterocycles. The van der Waals surface area contributed by atoms with E-state index in [-0.39, 0.29) is 0 Å². The second kappa shape index (κ2) is 5.81. The summed E-state index contributed by atoms with van der Waals surface area (Å²) in [6, 6.07) is 0.602. The van der Waals surface area contributed by atoms with E-state index in [1.165, 1.54) is 32.1 Å². The lowest BCUT2D eigenvalue weighted by Crippen LogP contribution is -2.32. The van der Waals surface area contributed by atoms with Gasteiger partial charge in [0.15, 0.2) is 0 Å². The van der Waals surface area contributed by atoms with E-state index in [0.717, 1.165) is 6.54 Å². The van der Waals surface area contributed by atoms with Gasteiger partial charge in [0, 0.05) is 11.6 Å². The summed E-state index contributed by atoms with van der Waals surface area (Å²) in [4.78, 5) is 10.5. The predicted octanol–water partition coefficient (Wildman–Crippen LogP) is 1.94. The van der Waals surface area contributed by atoms with Crippen LogP contribution < -0.4 is 5.32 Å². The van der Waals surface area contributed by atoms with Gasteiger partial charge in [-0.3, -0.25) is 0 Å². The summed E-state index contributed by atoms with van der Waals surface area (Å²) >= 11 is 0. The van der Waals surface area contributed by atoms with Crippen LogP contribution in [0, 0.1) is 0 Å². The van der Waals surface area contributed by atoms with Gasteiger partial charge in [-0.2, -0.15) is 0 Å². The molecule has 14 heavy (non-hydrogen) atoms. The molecule has 0 aliphatic heterocycles. The first-order valence-electron chi connectivity index (χ1n) is 5.34. The van der Waals surface area contributed by atoms with E-state index in [0.29, 0.717) is 18.0 Å². The summed E-state index contributed by atoms with van der Waals surface area (Å²) in [5, 5.41) is 12.0. The lowest BCUT2D eigenvalue weighted by molar-refractivity contribution is -0.132. The van der Waals surface area contributed by atoms with Gasteiger partial charge in [-0.1, -0.05) is 25.8 Å². The number of carboxylic acids is 1. The maximum Gasteiger partial charge on any atom is 0.330 e. The average molecular weight is 197 g/mol. The third kappa shape index (κ3) is 3.92. The van der Waals surface area contributed by atoms with E-state index in [2.05, 4.69) is 11.9 Å². The van der Waals surface area contributed by atoms with Gasteiger partial charge in [0.1, 0.15) is 0 Å². The summed E-state index contributed by atoms with van der Waals surface area (Å²) in [5.74, 6) is -0.879. The van der Waals surface area contributed by atoms with E-state index >= 15 is 0 Å². The van der Waals surface area contributed by atoms with E-state index in [1.54, 1.807) is 0 Å². The van der Waals surface area contributed by atoms with Gasteiger partial charge in [0.2, 0.25) is 0 Å². The van der Waals surface area contributed by atoms with Gasteiger partial charge in [0.05, 0.1) is 0 Å². The highest BCUT2D eigenvalue weighted by Gasteiger charge is 2.12. The van der Waals surface area contributed by atoms with Crippen molar-refractivity contribution in [2.75, 3.05) is 6.54 Å². The SMILES string of the molecule is C=C(CCNC1CCCCC1)C(=O)O. The molecule has 2 N–H and O–H groups in total. The molecule has 3 heteroatoms. The van der Waals surface area contributed by atoms with Gasteiger partial charge >= 0.3 is 5.97 Å². The zero-order valence-electron chi connectivity index (χ0n) is 8.59. The van der Waals surface area contributed by atoms with Crippen molar-refractivity contribution >= 4 is 5.97 Å². The van der Waals surface area contributed by atoms with E-state index in [1.807, 2.05) is 0 Å². The Bertz CT molecular complexity index is 207. The standard InChI is InChI=1S/C11H19NO2/c1-9(11(13)14)7-8-12-10-5-3-2-4-6-10/h10,12H,1-8H2,(H,13,14). The predicted molar refractivity (Wildman–Crippen MR) is 56.3 cm³/mol. The molecule has 1 aliphatic rings. The molecule has 0 atom stereocenters. The normalized spacial score (nSPS) is 18.0. The van der Waals surface area contributed by atoms with Crippen molar-refractivity contribution in [3.63, 3.8) is 0 Å². The molecule has 1 aliphatic carbocycles. The molecule has 0 aromatic carbocycles. The molecule has 1 fully saturated rings. The Kier molecular flexibility index (Phi) is 4.66. The van der Waals surface area contributed by atoms with Crippen LogP contribution in [0.2, 0.25) is 0 Å². The monoisotopic (exact) mass is 197 g/mol. The lowest BCUT2D eigenvalue weighted by Gasteiger charge is -2.22. The van der Waals surface area contributed by atoms with Crippen molar-refractivity contribution in [3.05, 3.63) is 12.2 Å². The summed E-state index contributed by atoms with van der Waals surface area (Å²) < 4.78 is 0. The Balaban J connectivity index is 2.08. The van der Waals surface area contributed by atoms with E-state index < -0.39 is 5.97 Å². The second-order valence-electron chi connectivity index (χ2n) is 3.95. The van der Waals surface area contributed by atoms with Gasteiger partial charge < -0.3 is 10.4 Å². The molecule has 0 radical (unpaired) electrons. The van der Waals surface area contributed by atoms with Crippen LogP contribution in [-0.4, -0.2) is 23.7 Å². The van der Waals surface area contributed by atoms with E-state index in [4.69, 9.17) is 5.11 Å². The minimum atomic E-state index is -0.879. The molecular weight excluding hydrogens is 178 g/mol. The minimum absolute atomic E-state index is 0.299. The molecule has 0 aromatic rings. The first-order chi connectivity index (χ1) is 6.70. The maximum atomic E-state index is 10.5. The molecule has 1 saturated carbocycles. The Morgan fingerprint density at radius 3 is 2.57 bits per heavy atom. The van der Waals surface area contributed by atoms with Crippen molar-refractivity contribution in [1.29, 1.82) is 0 Å². The number of carbonyl (C=O) groups is 1. The minimum Gasteiger partial charge on any atom is -0.478 e. The molecule has 80 valence electrons. The number of rotatable bonds is 5. The third-order valence-electron chi connectivity index (χ3n) is 2.77. The van der Waals surface area contributed by atoms with Crippen LogP contribution in [0.5, 0.6) is 0 Å². The van der Waals surface area contributed by atoms with Crippen molar-refractivity contribution in [2.45, 2.75) is 44.6 Å². The topological polar surface area (TPSA) is 49.3 Å². The Hall–Kier alpha value is -0.830. The smallest absolute Gasteiger partial charge is 0.330 e. The summed E-state index contributed by atoms with van der Waals surface area (Å²) in [6.45, 7) is 4.24. The number of hydrogen-bond donors (Lipinski definition) is 2. The number of carboxylic acid groups (broad SMARTS) is 1. The fraction of sp³-hybridized carbons (Fsp3) is 0.727. The fourth-order valence-corrected chi connectivity index (χ4v) is 1.84. The van der Waals surface area contributed by atoms with Crippen LogP contribution in [0.25, 0.3) is 0 Å². The molecular formula is C11H19NO2. The van der Waals surface area contributed by atoms with Crippen LogP contribution >= 0.6 is 0 Å². The van der Waals surface area contributed by atoms with Gasteiger partial charge in [-0.15, -0.1) is 0 Å². The number of nitrogens with one attached hydrogen (secondary N) is 1. The van der Waals surface area contributed by atoms with Crippen molar-refractivity contribution in [2.24, 2.45) is 0 Å². The average Bonchev–Trinajstić information content (AvgIpc) is 2.19. The zero-order valence-corrected chi connectivity index (χ0v) is 8.59. The molecule has 0 bridgehead atoms. The molecule has 0 spiro atoms. The Labute approximate surface area is 85.2 Å². The van der Waals surface area contributed by atoms with Gasteiger partial charge in [0.25, 0.3) is 0 Å². The largest absolute Gasteiger partial charge is 0.478 e. The molecule has 1 rings (SSSR count). The second-order valence-corrected chi connectivity index (χ2v) is 3.95. The lowest BCUT2D eigenvalue weighted by atomic mass is 9.95. The summed E-state index contributed by atoms with van der Waals surface area (Å²) in [6.07, 6.45) is 6.97. The van der Waals surface area contributed by atoms with Gasteiger partial charge in [-0.05, 0) is 25.8 Å². The van der Waals surface area contributed by atoms with Crippen molar-refractivity contribution in [3.8, 4) is 0 Å². The van der Waals surface area contributed by atoms with Crippen LogP contribution in [0.15, 0.2) is 12.2 Å². The number of aliphatic carboxylic acids is 1. The van der Waals surface area contributed by atoms with Crippen LogP contribution in [0.1, 0.15) is 38.5 Å². The highest BCUT2D eigenvalue weighted by atomic mass is 16.4. The number of hydrogen-bond acceptors (Lipinski definition) is 2. The molecule has 3 nitrogen and oxygen atoms in total. The third-order valence-corrected chi connectivity index (χ3v) is 2.77. The Morgan fingerprint density at radius 2 is 2.00 bits per heavy atom. The molecule has 0 amide bonds. The fourth-order valence-electron chi connectivity index (χ4n) is 1.84. The molecule has 0 unspecified atom stereocenters. The maximum absolute atomic E-state index is 10.5. The zero-order chi connectivity index (χ0) is 10.4. The molecule has 0 heterocycles. The van der Waals surface area contributed by atoms with Crippen molar-refractivity contribution in [1.82, 2.24) is 5.32 Å². The summed E-state index contributed by atoms with van der Waals surface area (Å²) in [5.41, 5.74) is 0.299. The summed E-state index contributed by atoms with van der Waals surface area (Å²) in [7, 11) is 0. The highest BCUT2D eigenvalue weighted by molar-refractivity contribution is 5.85. The Morgan fingerprint density at radius 1 is 1.36 bits per heavy atom. The molecule has 0 saturated heterocycles. The van der Waals surface area contributed by atoms with Crippen molar-refractivity contribution < 1.29 is 9.90 Å². The van der Waals surface area contributed by atoms with Gasteiger partial charge in [-0.25, -0.2) is 4.79 Å². The highest BCUT2D eigenvalue weighted by Crippen LogP contribution is 2.17. The van der Waals surface area contributed by atoms with E-state index in [9.17, 15) is 4.79 Å².